The highest BCUT2D eigenvalue weighted by molar-refractivity contribution is 6.06. The molecule has 0 radical (unpaired) electrons. The number of fused-ring (bicyclic) bond motifs is 2. The minimum atomic E-state index is -0.865. The van der Waals surface area contributed by atoms with Gasteiger partial charge in [0.1, 0.15) is 5.41 Å². The Morgan fingerprint density at radius 3 is 3.06 bits per heavy atom. The second kappa shape index (κ2) is 5.03. The summed E-state index contributed by atoms with van der Waals surface area (Å²) in [5, 5.41) is 0. The lowest BCUT2D eigenvalue weighted by Gasteiger charge is -2.36. The minimum Gasteiger partial charge on any atom is -0.465 e. The van der Waals surface area contributed by atoms with E-state index in [-0.39, 0.29) is 17.7 Å². The van der Waals surface area contributed by atoms with Crippen molar-refractivity contribution in [2.75, 3.05) is 6.61 Å². The van der Waals surface area contributed by atoms with E-state index in [1.165, 1.54) is 0 Å². The molecule has 2 atom stereocenters. The smallest absolute Gasteiger partial charge is 0.319 e. The molecule has 0 aliphatic heterocycles. The third kappa shape index (κ3) is 2.15. The summed E-state index contributed by atoms with van der Waals surface area (Å²) in [5.41, 5.74) is -0.865. The minimum absolute atomic E-state index is 0.0616. The van der Waals surface area contributed by atoms with Crippen molar-refractivity contribution < 1.29 is 14.3 Å². The van der Waals surface area contributed by atoms with Gasteiger partial charge in [-0.1, -0.05) is 31.4 Å². The van der Waals surface area contributed by atoms with Crippen LogP contribution in [0.2, 0.25) is 0 Å². The second-order valence-corrected chi connectivity index (χ2v) is 5.00. The van der Waals surface area contributed by atoms with Crippen LogP contribution < -0.4 is 0 Å². The molecule has 2 aliphatic rings. The lowest BCUT2D eigenvalue weighted by atomic mass is 9.66. The fourth-order valence-corrected chi connectivity index (χ4v) is 2.95. The Morgan fingerprint density at radius 1 is 1.47 bits per heavy atom. The van der Waals surface area contributed by atoms with E-state index in [0.29, 0.717) is 19.4 Å². The van der Waals surface area contributed by atoms with Crippen molar-refractivity contribution in [1.82, 2.24) is 0 Å². The Labute approximate surface area is 102 Å². The van der Waals surface area contributed by atoms with Crippen LogP contribution in [0.25, 0.3) is 0 Å². The van der Waals surface area contributed by atoms with Gasteiger partial charge in [0, 0.05) is 5.92 Å². The molecular weight excluding hydrogens is 216 g/mol. The van der Waals surface area contributed by atoms with E-state index < -0.39 is 5.41 Å². The standard InChI is InChI=1S/C14H20O3/c1-2-17-13(16)14-9-5-3-4-7-11(12(14)15)8-6-10-14/h6,8,11H,2-5,7,9-10H2,1H3/t11-,14-/m1/s1. The first-order chi connectivity index (χ1) is 8.20. The Balaban J connectivity index is 2.29. The molecule has 0 saturated heterocycles. The van der Waals surface area contributed by atoms with Crippen molar-refractivity contribution in [2.24, 2.45) is 11.3 Å². The zero-order valence-corrected chi connectivity index (χ0v) is 10.4. The monoisotopic (exact) mass is 236 g/mol. The summed E-state index contributed by atoms with van der Waals surface area (Å²) in [6, 6.07) is 0. The van der Waals surface area contributed by atoms with Gasteiger partial charge in [-0.25, -0.2) is 0 Å². The van der Waals surface area contributed by atoms with E-state index in [0.717, 1.165) is 25.7 Å². The first-order valence-corrected chi connectivity index (χ1v) is 6.59. The number of allylic oxidation sites excluding steroid dienone is 2. The molecule has 1 fully saturated rings. The van der Waals surface area contributed by atoms with Crippen molar-refractivity contribution in [3.05, 3.63) is 12.2 Å². The molecule has 3 heteroatoms. The molecule has 0 unspecified atom stereocenters. The average molecular weight is 236 g/mol. The summed E-state index contributed by atoms with van der Waals surface area (Å²) >= 11 is 0. The molecule has 2 bridgehead atoms. The second-order valence-electron chi connectivity index (χ2n) is 5.00. The van der Waals surface area contributed by atoms with Gasteiger partial charge in [-0.3, -0.25) is 9.59 Å². The summed E-state index contributed by atoms with van der Waals surface area (Å²) in [6.45, 7) is 2.14. The van der Waals surface area contributed by atoms with E-state index >= 15 is 0 Å². The van der Waals surface area contributed by atoms with Crippen molar-refractivity contribution in [1.29, 1.82) is 0 Å². The van der Waals surface area contributed by atoms with Crippen LogP contribution in [0.4, 0.5) is 0 Å². The zero-order chi connectivity index (χ0) is 12.3. The summed E-state index contributed by atoms with van der Waals surface area (Å²) < 4.78 is 5.13. The topological polar surface area (TPSA) is 43.4 Å². The normalized spacial score (nSPS) is 32.8. The number of carbonyl (C=O) groups excluding carboxylic acids is 2. The maximum absolute atomic E-state index is 12.5. The van der Waals surface area contributed by atoms with Crippen molar-refractivity contribution >= 4 is 11.8 Å². The van der Waals surface area contributed by atoms with Crippen LogP contribution in [0.15, 0.2) is 12.2 Å². The van der Waals surface area contributed by atoms with E-state index in [2.05, 4.69) is 0 Å². The molecule has 0 heterocycles. The molecule has 94 valence electrons. The highest BCUT2D eigenvalue weighted by Crippen LogP contribution is 2.41. The molecule has 1 saturated carbocycles. The predicted molar refractivity (Wildman–Crippen MR) is 64.4 cm³/mol. The predicted octanol–water partition coefficient (Wildman–Crippen LogP) is 2.65. The van der Waals surface area contributed by atoms with Gasteiger partial charge in [-0.2, -0.15) is 0 Å². The van der Waals surface area contributed by atoms with E-state index in [4.69, 9.17) is 4.74 Å². The largest absolute Gasteiger partial charge is 0.465 e. The third-order valence-electron chi connectivity index (χ3n) is 3.93. The molecule has 0 aromatic heterocycles. The van der Waals surface area contributed by atoms with Crippen LogP contribution in [0.1, 0.15) is 45.4 Å². The van der Waals surface area contributed by atoms with Crippen LogP contribution in [0.5, 0.6) is 0 Å². The number of hydrogen-bond acceptors (Lipinski definition) is 3. The van der Waals surface area contributed by atoms with Gasteiger partial charge in [0.15, 0.2) is 5.78 Å². The molecule has 0 aromatic carbocycles. The third-order valence-corrected chi connectivity index (χ3v) is 3.93. The van der Waals surface area contributed by atoms with Gasteiger partial charge in [0.05, 0.1) is 6.61 Å². The molecule has 0 amide bonds. The van der Waals surface area contributed by atoms with Gasteiger partial charge in [-0.15, -0.1) is 0 Å². The number of Topliss-reactive ketones (excluding diaryl/α,β-unsaturated/α-hetero) is 1. The number of carbonyl (C=O) groups is 2. The lowest BCUT2D eigenvalue weighted by Crippen LogP contribution is -2.45. The fraction of sp³-hybridized carbons (Fsp3) is 0.714. The quantitative estimate of drug-likeness (QED) is 0.420. The Kier molecular flexibility index (Phi) is 3.65. The van der Waals surface area contributed by atoms with Crippen molar-refractivity contribution in [3.63, 3.8) is 0 Å². The van der Waals surface area contributed by atoms with E-state index in [9.17, 15) is 9.59 Å². The molecule has 0 N–H and O–H groups in total. The molecule has 0 aromatic rings. The molecule has 2 aliphatic carbocycles. The van der Waals surface area contributed by atoms with E-state index in [1.807, 2.05) is 12.2 Å². The number of rotatable bonds is 2. The number of hydrogen-bond donors (Lipinski definition) is 0. The summed E-state index contributed by atoms with van der Waals surface area (Å²) in [5.74, 6) is -0.271. The summed E-state index contributed by atoms with van der Waals surface area (Å²) in [7, 11) is 0. The molecular formula is C14H20O3. The fourth-order valence-electron chi connectivity index (χ4n) is 2.95. The van der Waals surface area contributed by atoms with Gasteiger partial charge in [0.2, 0.25) is 0 Å². The van der Waals surface area contributed by atoms with Crippen molar-refractivity contribution in [2.45, 2.75) is 45.4 Å². The first-order valence-electron chi connectivity index (χ1n) is 6.59. The Morgan fingerprint density at radius 2 is 2.29 bits per heavy atom. The molecule has 0 spiro atoms. The highest BCUT2D eigenvalue weighted by Gasteiger charge is 2.49. The van der Waals surface area contributed by atoms with Gasteiger partial charge >= 0.3 is 5.97 Å². The lowest BCUT2D eigenvalue weighted by molar-refractivity contribution is -0.162. The van der Waals surface area contributed by atoms with Crippen LogP contribution >= 0.6 is 0 Å². The van der Waals surface area contributed by atoms with Crippen LogP contribution in [-0.4, -0.2) is 18.4 Å². The number of ketones is 1. The first kappa shape index (κ1) is 12.3. The highest BCUT2D eigenvalue weighted by atomic mass is 16.5. The summed E-state index contributed by atoms with van der Waals surface area (Å²) in [4.78, 5) is 24.6. The SMILES string of the molecule is CCOC(=O)[C@@]12CC=C[C@@H](CCCCC1)C2=O. The van der Waals surface area contributed by atoms with Crippen LogP contribution in [0, 0.1) is 11.3 Å². The molecule has 17 heavy (non-hydrogen) atoms. The Bertz CT molecular complexity index is 345. The maximum Gasteiger partial charge on any atom is 0.319 e. The van der Waals surface area contributed by atoms with Crippen LogP contribution in [-0.2, 0) is 14.3 Å². The zero-order valence-electron chi connectivity index (χ0n) is 10.4. The van der Waals surface area contributed by atoms with Gasteiger partial charge in [-0.05, 0) is 26.2 Å². The van der Waals surface area contributed by atoms with Gasteiger partial charge < -0.3 is 4.74 Å². The maximum atomic E-state index is 12.5. The summed E-state index contributed by atoms with van der Waals surface area (Å²) in [6.07, 6.45) is 9.19. The van der Waals surface area contributed by atoms with Crippen molar-refractivity contribution in [3.8, 4) is 0 Å². The molecule has 2 rings (SSSR count). The van der Waals surface area contributed by atoms with Gasteiger partial charge in [0.25, 0.3) is 0 Å². The average Bonchev–Trinajstić information content (AvgIpc) is 2.33. The molecule has 3 nitrogen and oxygen atoms in total. The van der Waals surface area contributed by atoms with Crippen LogP contribution in [0.3, 0.4) is 0 Å². The van der Waals surface area contributed by atoms with E-state index in [1.54, 1.807) is 6.92 Å². The number of ether oxygens (including phenoxy) is 1. The Hall–Kier alpha value is -1.12. The number of esters is 1.